The normalized spacial score (nSPS) is 19.3. The zero-order valence-electron chi connectivity index (χ0n) is 27.3. The Balaban J connectivity index is 1.50. The average molecular weight is 632 g/mol. The van der Waals surface area contributed by atoms with Crippen molar-refractivity contribution < 1.29 is 19.1 Å². The zero-order chi connectivity index (χ0) is 33.1. The molecular weight excluding hydrogens is 590 g/mol. The molecule has 2 amide bonds. The van der Waals surface area contributed by atoms with Gasteiger partial charge < -0.3 is 25.4 Å². The van der Waals surface area contributed by atoms with Crippen LogP contribution in [0.5, 0.6) is 11.5 Å². The first kappa shape index (κ1) is 31.8. The molecule has 6 rings (SSSR count). The van der Waals surface area contributed by atoms with Crippen LogP contribution in [-0.4, -0.2) is 47.2 Å². The molecule has 1 fully saturated rings. The number of carbonyl (C=O) groups excluding carboxylic acids is 2. The number of fused-ring (bicyclic) bond motifs is 1. The van der Waals surface area contributed by atoms with Crippen LogP contribution in [0.15, 0.2) is 90.1 Å². The highest BCUT2D eigenvalue weighted by Gasteiger charge is 2.48. The second kappa shape index (κ2) is 13.3. The summed E-state index contributed by atoms with van der Waals surface area (Å²) in [6, 6.07) is 21.3. The Morgan fingerprint density at radius 2 is 1.94 bits per heavy atom. The Hall–Kier alpha value is -5.18. The first-order valence-corrected chi connectivity index (χ1v) is 16.2. The molecular formula is C38H41N5O4. The summed E-state index contributed by atoms with van der Waals surface area (Å²) < 4.78 is 12.2. The first-order valence-electron chi connectivity index (χ1n) is 16.2. The van der Waals surface area contributed by atoms with Gasteiger partial charge in [0, 0.05) is 37.0 Å². The molecule has 0 saturated carbocycles. The summed E-state index contributed by atoms with van der Waals surface area (Å²) in [5.74, 6) is 0.729. The summed E-state index contributed by atoms with van der Waals surface area (Å²) in [6.07, 6.45) is 8.99. The van der Waals surface area contributed by atoms with Crippen molar-refractivity contribution in [3.8, 4) is 11.5 Å². The van der Waals surface area contributed by atoms with Crippen LogP contribution in [0.1, 0.15) is 69.2 Å². The maximum atomic E-state index is 15.3. The molecule has 1 saturated heterocycles. The standard InChI is InChI=1S/C38H41N5O4/c1-5-46-34-23-28(12-15-33(34)47-24(2)3)35(37(45)43-20-7-11-32(43)27-9-6-10-30(22-27)42-25(4)44)38(17-8-18-41-38)29-13-14-31-26(21-29)16-19-40-36(31)39/h6,8-10,12-19,21-24,32,35H,5,7,11,20H2,1-4H3,(H2,39,40)(H,42,44). The van der Waals surface area contributed by atoms with Crippen molar-refractivity contribution in [3.63, 3.8) is 0 Å². The highest BCUT2D eigenvalue weighted by atomic mass is 16.5. The molecule has 242 valence electrons. The lowest BCUT2D eigenvalue weighted by atomic mass is 9.73. The number of nitrogen functional groups attached to an aromatic ring is 1. The predicted molar refractivity (Wildman–Crippen MR) is 186 cm³/mol. The number of aliphatic imine (C=N–C) groups is 1. The average Bonchev–Trinajstić information content (AvgIpc) is 3.74. The second-order valence-corrected chi connectivity index (χ2v) is 12.3. The molecule has 2 aliphatic rings. The summed E-state index contributed by atoms with van der Waals surface area (Å²) >= 11 is 0. The number of amides is 2. The van der Waals surface area contributed by atoms with E-state index < -0.39 is 11.5 Å². The minimum atomic E-state index is -1.04. The van der Waals surface area contributed by atoms with Gasteiger partial charge in [-0.05, 0) is 104 Å². The number of hydrogen-bond acceptors (Lipinski definition) is 7. The number of nitrogens with two attached hydrogens (primary N) is 1. The third-order valence-electron chi connectivity index (χ3n) is 8.76. The van der Waals surface area contributed by atoms with E-state index >= 15 is 4.79 Å². The van der Waals surface area contributed by atoms with Gasteiger partial charge in [0.05, 0.1) is 24.7 Å². The maximum absolute atomic E-state index is 15.3. The number of rotatable bonds is 10. The summed E-state index contributed by atoms with van der Waals surface area (Å²) in [5.41, 5.74) is 8.48. The molecule has 3 N–H and O–H groups in total. The summed E-state index contributed by atoms with van der Waals surface area (Å²) in [4.78, 5) is 38.4. The number of likely N-dealkylation sites (tertiary alicyclic amines) is 1. The molecule has 0 bridgehead atoms. The van der Waals surface area contributed by atoms with Gasteiger partial charge in [-0.2, -0.15) is 0 Å². The van der Waals surface area contributed by atoms with Gasteiger partial charge in [-0.25, -0.2) is 4.98 Å². The molecule has 0 radical (unpaired) electrons. The Labute approximate surface area is 275 Å². The predicted octanol–water partition coefficient (Wildman–Crippen LogP) is 6.94. The van der Waals surface area contributed by atoms with Crippen LogP contribution in [0.2, 0.25) is 0 Å². The van der Waals surface area contributed by atoms with Crippen molar-refractivity contribution in [2.45, 2.75) is 64.1 Å². The number of aromatic nitrogens is 1. The molecule has 3 aromatic carbocycles. The lowest BCUT2D eigenvalue weighted by Crippen LogP contribution is -2.43. The van der Waals surface area contributed by atoms with Crippen LogP contribution >= 0.6 is 0 Å². The van der Waals surface area contributed by atoms with Crippen LogP contribution < -0.4 is 20.5 Å². The zero-order valence-corrected chi connectivity index (χ0v) is 27.3. The highest BCUT2D eigenvalue weighted by Crippen LogP contribution is 2.49. The molecule has 47 heavy (non-hydrogen) atoms. The van der Waals surface area contributed by atoms with E-state index in [0.717, 1.165) is 40.3 Å². The molecule has 3 heterocycles. The maximum Gasteiger partial charge on any atom is 0.233 e. The SMILES string of the molecule is CCOc1cc(C(C(=O)N2CCCC2c2cccc(NC(C)=O)c2)C2(c3ccc4c(N)nccc4c3)C=CC=N2)ccc1OC(C)C. The molecule has 0 aliphatic carbocycles. The number of pyridine rings is 1. The van der Waals surface area contributed by atoms with E-state index in [-0.39, 0.29) is 24.0 Å². The summed E-state index contributed by atoms with van der Waals surface area (Å²) in [6.45, 7) is 8.40. The van der Waals surface area contributed by atoms with Crippen molar-refractivity contribution in [1.29, 1.82) is 0 Å². The van der Waals surface area contributed by atoms with Gasteiger partial charge in [-0.15, -0.1) is 0 Å². The Morgan fingerprint density at radius 1 is 1.09 bits per heavy atom. The van der Waals surface area contributed by atoms with E-state index in [4.69, 9.17) is 20.2 Å². The van der Waals surface area contributed by atoms with Crippen molar-refractivity contribution in [3.05, 3.63) is 102 Å². The van der Waals surface area contributed by atoms with Crippen LogP contribution in [0.4, 0.5) is 11.5 Å². The fourth-order valence-corrected chi connectivity index (χ4v) is 6.84. The van der Waals surface area contributed by atoms with Gasteiger partial charge in [-0.3, -0.25) is 14.6 Å². The minimum absolute atomic E-state index is 0.0459. The van der Waals surface area contributed by atoms with Gasteiger partial charge >= 0.3 is 0 Å². The van der Waals surface area contributed by atoms with Crippen molar-refractivity contribution in [1.82, 2.24) is 9.88 Å². The third-order valence-corrected chi connectivity index (χ3v) is 8.76. The number of allylic oxidation sites excluding steroid dienone is 1. The van der Waals surface area contributed by atoms with E-state index in [1.165, 1.54) is 6.92 Å². The Morgan fingerprint density at radius 3 is 2.68 bits per heavy atom. The number of carbonyl (C=O) groups is 2. The van der Waals surface area contributed by atoms with Crippen LogP contribution in [0.25, 0.3) is 10.8 Å². The van der Waals surface area contributed by atoms with E-state index in [1.54, 1.807) is 12.4 Å². The largest absolute Gasteiger partial charge is 0.490 e. The fourth-order valence-electron chi connectivity index (χ4n) is 6.84. The lowest BCUT2D eigenvalue weighted by molar-refractivity contribution is -0.135. The van der Waals surface area contributed by atoms with Crippen LogP contribution in [0, 0.1) is 0 Å². The van der Waals surface area contributed by atoms with Crippen molar-refractivity contribution in [2.75, 3.05) is 24.2 Å². The molecule has 9 nitrogen and oxygen atoms in total. The number of ether oxygens (including phenoxy) is 2. The highest BCUT2D eigenvalue weighted by molar-refractivity contribution is 5.94. The lowest BCUT2D eigenvalue weighted by Gasteiger charge is -2.38. The van der Waals surface area contributed by atoms with Gasteiger partial charge in [0.2, 0.25) is 11.8 Å². The molecule has 2 aliphatic heterocycles. The fraction of sp³-hybridized carbons (Fsp3) is 0.316. The Bertz CT molecular complexity index is 1850. The van der Waals surface area contributed by atoms with Gasteiger partial charge in [0.1, 0.15) is 11.4 Å². The Kier molecular flexibility index (Phi) is 8.98. The first-order chi connectivity index (χ1) is 22.7. The molecule has 3 unspecified atom stereocenters. The van der Waals surface area contributed by atoms with E-state index in [2.05, 4.69) is 16.4 Å². The number of nitrogens with one attached hydrogen (secondary N) is 1. The summed E-state index contributed by atoms with van der Waals surface area (Å²) in [5, 5.41) is 4.64. The molecule has 9 heteroatoms. The van der Waals surface area contributed by atoms with Gasteiger partial charge in [0.15, 0.2) is 11.5 Å². The van der Waals surface area contributed by atoms with Crippen LogP contribution in [-0.2, 0) is 15.1 Å². The van der Waals surface area contributed by atoms with E-state index in [1.807, 2.05) is 98.5 Å². The van der Waals surface area contributed by atoms with Gasteiger partial charge in [0.25, 0.3) is 0 Å². The minimum Gasteiger partial charge on any atom is -0.490 e. The van der Waals surface area contributed by atoms with Gasteiger partial charge in [-0.1, -0.05) is 30.3 Å². The topological polar surface area (TPSA) is 119 Å². The third kappa shape index (κ3) is 6.30. The quantitative estimate of drug-likeness (QED) is 0.196. The summed E-state index contributed by atoms with van der Waals surface area (Å²) in [7, 11) is 0. The van der Waals surface area contributed by atoms with Crippen molar-refractivity contribution >= 4 is 40.3 Å². The van der Waals surface area contributed by atoms with Crippen molar-refractivity contribution in [2.24, 2.45) is 4.99 Å². The molecule has 1 aromatic heterocycles. The number of anilines is 2. The number of nitrogens with zero attached hydrogens (tertiary/aromatic N) is 3. The van der Waals surface area contributed by atoms with E-state index in [9.17, 15) is 4.79 Å². The monoisotopic (exact) mass is 631 g/mol. The second-order valence-electron chi connectivity index (χ2n) is 12.3. The number of benzene rings is 3. The number of hydrogen-bond donors (Lipinski definition) is 2. The molecule has 4 aromatic rings. The molecule has 0 spiro atoms. The smallest absolute Gasteiger partial charge is 0.233 e. The van der Waals surface area contributed by atoms with E-state index in [0.29, 0.717) is 36.2 Å². The molecule has 3 atom stereocenters. The van der Waals surface area contributed by atoms with Crippen LogP contribution in [0.3, 0.4) is 0 Å².